The van der Waals surface area contributed by atoms with Crippen molar-refractivity contribution in [2.45, 2.75) is 26.4 Å². The lowest BCUT2D eigenvalue weighted by atomic mass is 10.1. The summed E-state index contributed by atoms with van der Waals surface area (Å²) in [4.78, 5) is 11.3. The quantitative estimate of drug-likeness (QED) is 0.846. The molecule has 0 atom stereocenters. The molecule has 0 unspecified atom stereocenters. The second-order valence-corrected chi connectivity index (χ2v) is 4.80. The molecule has 2 aromatic rings. The van der Waals surface area contributed by atoms with Crippen LogP contribution in [0, 0.1) is 0 Å². The van der Waals surface area contributed by atoms with Crippen molar-refractivity contribution in [3.63, 3.8) is 0 Å². The van der Waals surface area contributed by atoms with Gasteiger partial charge in [-0.1, -0.05) is 49.4 Å². The van der Waals surface area contributed by atoms with E-state index in [9.17, 15) is 4.79 Å². The van der Waals surface area contributed by atoms with E-state index in [0.717, 1.165) is 18.5 Å². The first kappa shape index (κ1) is 14.3. The number of amides is 1. The molecule has 0 spiro atoms. The van der Waals surface area contributed by atoms with Crippen molar-refractivity contribution >= 4 is 5.91 Å². The van der Waals surface area contributed by atoms with Crippen LogP contribution >= 0.6 is 0 Å². The second kappa shape index (κ2) is 6.87. The lowest BCUT2D eigenvalue weighted by Crippen LogP contribution is -2.18. The number of aryl methyl sites for hydroxylation is 1. The van der Waals surface area contributed by atoms with Crippen LogP contribution in [-0.4, -0.2) is 5.91 Å². The average Bonchev–Trinajstić information content (AvgIpc) is 2.48. The highest BCUT2D eigenvalue weighted by atomic mass is 16.1. The molecule has 0 saturated heterocycles. The molecule has 3 heteroatoms. The van der Waals surface area contributed by atoms with Crippen molar-refractivity contribution in [1.29, 1.82) is 0 Å². The number of hydrogen-bond donors (Lipinski definition) is 2. The molecule has 0 heterocycles. The maximum Gasteiger partial charge on any atom is 0.249 e. The van der Waals surface area contributed by atoms with Crippen molar-refractivity contribution in [3.05, 3.63) is 70.8 Å². The molecule has 0 aliphatic rings. The highest BCUT2D eigenvalue weighted by Gasteiger charge is 2.06. The summed E-state index contributed by atoms with van der Waals surface area (Å²) in [5.74, 6) is -0.380. The van der Waals surface area contributed by atoms with E-state index < -0.39 is 0 Å². The van der Waals surface area contributed by atoms with Gasteiger partial charge in [-0.15, -0.1) is 0 Å². The van der Waals surface area contributed by atoms with Gasteiger partial charge in [0.1, 0.15) is 0 Å². The Morgan fingerprint density at radius 1 is 1.00 bits per heavy atom. The molecule has 20 heavy (non-hydrogen) atoms. The molecular formula is C17H20N2O. The van der Waals surface area contributed by atoms with Crippen molar-refractivity contribution in [2.75, 3.05) is 0 Å². The minimum atomic E-state index is -0.380. The number of benzene rings is 2. The Morgan fingerprint density at radius 2 is 1.65 bits per heavy atom. The van der Waals surface area contributed by atoms with E-state index in [0.29, 0.717) is 12.1 Å². The summed E-state index contributed by atoms with van der Waals surface area (Å²) >= 11 is 0. The largest absolute Gasteiger partial charge is 0.366 e. The second-order valence-electron chi connectivity index (χ2n) is 4.80. The Bertz CT molecular complexity index is 576. The van der Waals surface area contributed by atoms with Crippen LogP contribution < -0.4 is 11.1 Å². The maximum atomic E-state index is 11.3. The molecule has 0 aliphatic carbocycles. The van der Waals surface area contributed by atoms with Gasteiger partial charge in [0.05, 0.1) is 0 Å². The molecule has 2 aromatic carbocycles. The number of primary amides is 1. The van der Waals surface area contributed by atoms with E-state index in [2.05, 4.69) is 36.5 Å². The van der Waals surface area contributed by atoms with E-state index in [1.54, 1.807) is 6.07 Å². The lowest BCUT2D eigenvalue weighted by Gasteiger charge is -2.09. The number of carbonyl (C=O) groups excluding carboxylic acids is 1. The Labute approximate surface area is 119 Å². The van der Waals surface area contributed by atoms with E-state index in [-0.39, 0.29) is 5.91 Å². The average molecular weight is 268 g/mol. The van der Waals surface area contributed by atoms with Crippen molar-refractivity contribution in [1.82, 2.24) is 5.32 Å². The first-order valence-electron chi connectivity index (χ1n) is 6.87. The van der Waals surface area contributed by atoms with E-state index in [1.165, 1.54) is 11.1 Å². The van der Waals surface area contributed by atoms with Crippen molar-refractivity contribution < 1.29 is 4.79 Å². The lowest BCUT2D eigenvalue weighted by molar-refractivity contribution is 0.0999. The Morgan fingerprint density at radius 3 is 2.30 bits per heavy atom. The number of rotatable bonds is 6. The first-order chi connectivity index (χ1) is 9.70. The predicted octanol–water partition coefficient (Wildman–Crippen LogP) is 2.64. The highest BCUT2D eigenvalue weighted by molar-refractivity contribution is 5.94. The van der Waals surface area contributed by atoms with Crippen LogP contribution in [0.1, 0.15) is 34.0 Å². The third kappa shape index (κ3) is 3.68. The van der Waals surface area contributed by atoms with Gasteiger partial charge in [0, 0.05) is 18.7 Å². The van der Waals surface area contributed by atoms with E-state index in [4.69, 9.17) is 5.73 Å². The third-order valence-electron chi connectivity index (χ3n) is 3.36. The number of hydrogen-bond acceptors (Lipinski definition) is 2. The van der Waals surface area contributed by atoms with Crippen LogP contribution in [0.4, 0.5) is 0 Å². The monoisotopic (exact) mass is 268 g/mol. The minimum absolute atomic E-state index is 0.380. The molecule has 0 radical (unpaired) electrons. The summed E-state index contributed by atoms with van der Waals surface area (Å²) in [7, 11) is 0. The molecule has 0 saturated carbocycles. The number of carbonyl (C=O) groups is 1. The van der Waals surface area contributed by atoms with Crippen LogP contribution in [0.2, 0.25) is 0 Å². The molecule has 0 bridgehead atoms. The summed E-state index contributed by atoms with van der Waals surface area (Å²) in [6.45, 7) is 3.56. The smallest absolute Gasteiger partial charge is 0.249 e. The summed E-state index contributed by atoms with van der Waals surface area (Å²) in [6.07, 6.45) is 1.06. The predicted molar refractivity (Wildman–Crippen MR) is 81.3 cm³/mol. The van der Waals surface area contributed by atoms with Gasteiger partial charge in [-0.3, -0.25) is 4.79 Å². The third-order valence-corrected chi connectivity index (χ3v) is 3.36. The van der Waals surface area contributed by atoms with E-state index in [1.807, 2.05) is 18.2 Å². The van der Waals surface area contributed by atoms with Crippen molar-refractivity contribution in [2.24, 2.45) is 5.73 Å². The molecule has 0 aliphatic heterocycles. The summed E-state index contributed by atoms with van der Waals surface area (Å²) < 4.78 is 0. The Balaban J connectivity index is 1.94. The van der Waals surface area contributed by atoms with Gasteiger partial charge in [0.25, 0.3) is 0 Å². The summed E-state index contributed by atoms with van der Waals surface area (Å²) in [5, 5.41) is 3.34. The van der Waals surface area contributed by atoms with Gasteiger partial charge in [0.15, 0.2) is 0 Å². The van der Waals surface area contributed by atoms with Crippen LogP contribution in [0.5, 0.6) is 0 Å². The van der Waals surface area contributed by atoms with Gasteiger partial charge < -0.3 is 11.1 Å². The fraction of sp³-hybridized carbons (Fsp3) is 0.235. The molecule has 0 fully saturated rings. The molecular weight excluding hydrogens is 248 g/mol. The highest BCUT2D eigenvalue weighted by Crippen LogP contribution is 2.09. The summed E-state index contributed by atoms with van der Waals surface area (Å²) in [6, 6.07) is 16.0. The van der Waals surface area contributed by atoms with Gasteiger partial charge >= 0.3 is 0 Å². The molecule has 3 nitrogen and oxygen atoms in total. The molecule has 0 aromatic heterocycles. The number of nitrogens with two attached hydrogens (primary N) is 1. The SMILES string of the molecule is CCc1ccc(CNCc2ccccc2C(N)=O)cc1. The zero-order valence-electron chi connectivity index (χ0n) is 11.7. The fourth-order valence-electron chi connectivity index (χ4n) is 2.15. The number of nitrogens with one attached hydrogen (secondary N) is 1. The maximum absolute atomic E-state index is 11.3. The van der Waals surface area contributed by atoms with Gasteiger partial charge in [0.2, 0.25) is 5.91 Å². The van der Waals surface area contributed by atoms with E-state index >= 15 is 0 Å². The zero-order chi connectivity index (χ0) is 14.4. The topological polar surface area (TPSA) is 55.1 Å². The fourth-order valence-corrected chi connectivity index (χ4v) is 2.15. The van der Waals surface area contributed by atoms with Gasteiger partial charge in [-0.25, -0.2) is 0 Å². The summed E-state index contributed by atoms with van der Waals surface area (Å²) in [5.41, 5.74) is 9.46. The first-order valence-corrected chi connectivity index (χ1v) is 6.87. The van der Waals surface area contributed by atoms with Gasteiger partial charge in [-0.2, -0.15) is 0 Å². The molecule has 1 amide bonds. The Kier molecular flexibility index (Phi) is 4.91. The molecule has 104 valence electrons. The minimum Gasteiger partial charge on any atom is -0.366 e. The molecule has 3 N–H and O–H groups in total. The van der Waals surface area contributed by atoms with Gasteiger partial charge in [-0.05, 0) is 29.2 Å². The molecule has 2 rings (SSSR count). The standard InChI is InChI=1S/C17H20N2O/c1-2-13-7-9-14(10-8-13)11-19-12-15-5-3-4-6-16(15)17(18)20/h3-10,19H,2,11-12H2,1H3,(H2,18,20). The zero-order valence-corrected chi connectivity index (χ0v) is 11.7. The van der Waals surface area contributed by atoms with Crippen molar-refractivity contribution in [3.8, 4) is 0 Å². The van der Waals surface area contributed by atoms with Crippen LogP contribution in [-0.2, 0) is 19.5 Å². The normalized spacial score (nSPS) is 10.4. The van der Waals surface area contributed by atoms with Crippen LogP contribution in [0.15, 0.2) is 48.5 Å². The van der Waals surface area contributed by atoms with Crippen LogP contribution in [0.3, 0.4) is 0 Å². The Hall–Kier alpha value is -2.13. The van der Waals surface area contributed by atoms with Crippen LogP contribution in [0.25, 0.3) is 0 Å².